The number of ether oxygens (including phenoxy) is 2. The van der Waals surface area contributed by atoms with Crippen molar-refractivity contribution in [2.75, 3.05) is 32.9 Å². The zero-order valence-electron chi connectivity index (χ0n) is 10.9. The van der Waals surface area contributed by atoms with Crippen molar-refractivity contribution in [2.45, 2.75) is 20.3 Å². The van der Waals surface area contributed by atoms with Crippen LogP contribution in [0.15, 0.2) is 5.38 Å². The Balaban J connectivity index is 1.91. The van der Waals surface area contributed by atoms with Crippen LogP contribution < -0.4 is 5.32 Å². The number of carbonyl (C=O) groups is 1. The molecule has 0 saturated carbocycles. The van der Waals surface area contributed by atoms with Crippen molar-refractivity contribution in [3.63, 3.8) is 0 Å². The molecule has 0 fully saturated rings. The molecule has 0 unspecified atom stereocenters. The molecule has 1 aromatic rings. The predicted molar refractivity (Wildman–Crippen MR) is 70.9 cm³/mol. The molecule has 5 nitrogen and oxygen atoms in total. The van der Waals surface area contributed by atoms with Crippen molar-refractivity contribution in [1.82, 2.24) is 10.3 Å². The van der Waals surface area contributed by atoms with E-state index in [1.165, 1.54) is 0 Å². The van der Waals surface area contributed by atoms with Crippen molar-refractivity contribution >= 4 is 17.3 Å². The highest BCUT2D eigenvalue weighted by atomic mass is 32.1. The highest BCUT2D eigenvalue weighted by Crippen LogP contribution is 2.07. The van der Waals surface area contributed by atoms with Crippen LogP contribution in [0.3, 0.4) is 0 Å². The summed E-state index contributed by atoms with van der Waals surface area (Å²) in [5.41, 5.74) is 1.12. The van der Waals surface area contributed by atoms with Gasteiger partial charge in [0.05, 0.1) is 23.9 Å². The van der Waals surface area contributed by atoms with Crippen molar-refractivity contribution in [3.05, 3.63) is 16.1 Å². The van der Waals surface area contributed by atoms with Gasteiger partial charge in [0.2, 0.25) is 0 Å². The van der Waals surface area contributed by atoms with Gasteiger partial charge < -0.3 is 14.8 Å². The molecule has 1 aromatic heterocycles. The smallest absolute Gasteiger partial charge is 0.332 e. The number of esters is 1. The Bertz CT molecular complexity index is 355. The zero-order chi connectivity index (χ0) is 13.2. The van der Waals surface area contributed by atoms with Crippen LogP contribution in [0.5, 0.6) is 0 Å². The molecule has 0 spiro atoms. The van der Waals surface area contributed by atoms with E-state index in [0.717, 1.165) is 30.2 Å². The fourth-order valence-corrected chi connectivity index (χ4v) is 2.01. The first-order valence-corrected chi connectivity index (χ1v) is 6.95. The molecular formula is C12H20N2O3S. The van der Waals surface area contributed by atoms with E-state index in [9.17, 15) is 4.79 Å². The average Bonchev–Trinajstić information content (AvgIpc) is 2.74. The van der Waals surface area contributed by atoms with Crippen molar-refractivity contribution in [1.29, 1.82) is 0 Å². The Kier molecular flexibility index (Phi) is 7.55. The third-order valence-electron chi connectivity index (χ3n) is 2.17. The van der Waals surface area contributed by atoms with E-state index in [-0.39, 0.29) is 12.6 Å². The third-order valence-corrected chi connectivity index (χ3v) is 3.00. The molecule has 1 N–H and O–H groups in total. The van der Waals surface area contributed by atoms with Crippen LogP contribution in [0.1, 0.15) is 17.6 Å². The average molecular weight is 272 g/mol. The first-order valence-electron chi connectivity index (χ1n) is 6.07. The topological polar surface area (TPSA) is 60.5 Å². The number of aromatic nitrogens is 1. The number of hydrogen-bond donors (Lipinski definition) is 1. The van der Waals surface area contributed by atoms with Crippen LogP contribution in [0.25, 0.3) is 0 Å². The number of nitrogens with one attached hydrogen (secondary N) is 1. The van der Waals surface area contributed by atoms with Gasteiger partial charge in [-0.05, 0) is 13.8 Å². The second-order valence-corrected chi connectivity index (χ2v) is 4.78. The Labute approximate surface area is 112 Å². The lowest BCUT2D eigenvalue weighted by Crippen LogP contribution is -2.24. The minimum absolute atomic E-state index is 0.0286. The molecule has 6 heteroatoms. The number of aryl methyl sites for hydroxylation is 1. The zero-order valence-corrected chi connectivity index (χ0v) is 11.7. The van der Waals surface area contributed by atoms with Gasteiger partial charge in [0.1, 0.15) is 6.61 Å². The summed E-state index contributed by atoms with van der Waals surface area (Å²) < 4.78 is 9.89. The van der Waals surface area contributed by atoms with Gasteiger partial charge in [-0.25, -0.2) is 9.78 Å². The van der Waals surface area contributed by atoms with Gasteiger partial charge in [0.25, 0.3) is 0 Å². The molecule has 1 rings (SSSR count). The molecule has 0 aromatic carbocycles. The van der Waals surface area contributed by atoms with Crippen LogP contribution in [-0.4, -0.2) is 43.9 Å². The summed E-state index contributed by atoms with van der Waals surface area (Å²) in [4.78, 5) is 15.3. The number of nitrogens with zero attached hydrogens (tertiary/aromatic N) is 1. The summed E-state index contributed by atoms with van der Waals surface area (Å²) in [6, 6.07) is 0. The fourth-order valence-electron chi connectivity index (χ4n) is 1.37. The molecule has 0 atom stereocenters. The van der Waals surface area contributed by atoms with E-state index in [0.29, 0.717) is 13.2 Å². The lowest BCUT2D eigenvalue weighted by molar-refractivity contribution is -0.148. The molecule has 0 saturated heterocycles. The van der Waals surface area contributed by atoms with E-state index in [4.69, 9.17) is 9.47 Å². The standard InChI is InChI=1S/C12H20N2O3S/c1-3-17-12(15)8-16-7-6-13-5-4-11-9-18-10(2)14-11/h9,13H,3-8H2,1-2H3. The molecule has 0 aliphatic heterocycles. The highest BCUT2D eigenvalue weighted by molar-refractivity contribution is 7.09. The Morgan fingerprint density at radius 3 is 3.00 bits per heavy atom. The van der Waals surface area contributed by atoms with Gasteiger partial charge in [-0.15, -0.1) is 11.3 Å². The van der Waals surface area contributed by atoms with E-state index in [1.54, 1.807) is 18.3 Å². The largest absolute Gasteiger partial charge is 0.464 e. The minimum atomic E-state index is -0.310. The molecular weight excluding hydrogens is 252 g/mol. The molecule has 0 amide bonds. The van der Waals surface area contributed by atoms with Gasteiger partial charge in [0, 0.05) is 24.9 Å². The molecule has 0 aliphatic carbocycles. The monoisotopic (exact) mass is 272 g/mol. The lowest BCUT2D eigenvalue weighted by atomic mass is 10.3. The maximum Gasteiger partial charge on any atom is 0.332 e. The number of hydrogen-bond acceptors (Lipinski definition) is 6. The number of thiazole rings is 1. The Hall–Kier alpha value is -0.980. The van der Waals surface area contributed by atoms with Gasteiger partial charge in [-0.2, -0.15) is 0 Å². The second-order valence-electron chi connectivity index (χ2n) is 3.72. The second kappa shape index (κ2) is 9.02. The summed E-state index contributed by atoms with van der Waals surface area (Å²) in [6.07, 6.45) is 0.919. The van der Waals surface area contributed by atoms with Crippen LogP contribution in [0.2, 0.25) is 0 Å². The third kappa shape index (κ3) is 6.68. The summed E-state index contributed by atoms with van der Waals surface area (Å²) >= 11 is 1.67. The highest BCUT2D eigenvalue weighted by Gasteiger charge is 2.01. The Morgan fingerprint density at radius 1 is 1.50 bits per heavy atom. The van der Waals surface area contributed by atoms with Gasteiger partial charge >= 0.3 is 5.97 Å². The first kappa shape index (κ1) is 15.1. The van der Waals surface area contributed by atoms with E-state index in [2.05, 4.69) is 15.7 Å². The maximum atomic E-state index is 10.9. The van der Waals surface area contributed by atoms with Crippen LogP contribution in [-0.2, 0) is 20.7 Å². The van der Waals surface area contributed by atoms with Gasteiger partial charge in [-0.1, -0.05) is 0 Å². The number of carbonyl (C=O) groups excluding carboxylic acids is 1. The predicted octanol–water partition coefficient (Wildman–Crippen LogP) is 1.16. The molecule has 0 radical (unpaired) electrons. The summed E-state index contributed by atoms with van der Waals surface area (Å²) in [6.45, 7) is 6.31. The van der Waals surface area contributed by atoms with Gasteiger partial charge in [0.15, 0.2) is 0 Å². The van der Waals surface area contributed by atoms with E-state index >= 15 is 0 Å². The molecule has 18 heavy (non-hydrogen) atoms. The summed E-state index contributed by atoms with van der Waals surface area (Å²) in [5, 5.41) is 6.41. The normalized spacial score (nSPS) is 10.6. The molecule has 1 heterocycles. The maximum absolute atomic E-state index is 10.9. The fraction of sp³-hybridized carbons (Fsp3) is 0.667. The SMILES string of the molecule is CCOC(=O)COCCNCCc1csc(C)n1. The van der Waals surface area contributed by atoms with E-state index < -0.39 is 0 Å². The van der Waals surface area contributed by atoms with E-state index in [1.807, 2.05) is 6.92 Å². The van der Waals surface area contributed by atoms with Crippen molar-refractivity contribution in [2.24, 2.45) is 0 Å². The summed E-state index contributed by atoms with van der Waals surface area (Å²) in [5.74, 6) is -0.310. The molecule has 102 valence electrons. The molecule has 0 bridgehead atoms. The van der Waals surface area contributed by atoms with Crippen molar-refractivity contribution in [3.8, 4) is 0 Å². The summed E-state index contributed by atoms with van der Waals surface area (Å²) in [7, 11) is 0. The minimum Gasteiger partial charge on any atom is -0.464 e. The van der Waals surface area contributed by atoms with Gasteiger partial charge in [-0.3, -0.25) is 0 Å². The van der Waals surface area contributed by atoms with Crippen LogP contribution in [0.4, 0.5) is 0 Å². The molecule has 0 aliphatic rings. The quantitative estimate of drug-likeness (QED) is 0.540. The number of rotatable bonds is 9. The Morgan fingerprint density at radius 2 is 2.33 bits per heavy atom. The lowest BCUT2D eigenvalue weighted by Gasteiger charge is -2.05. The van der Waals surface area contributed by atoms with Crippen LogP contribution >= 0.6 is 11.3 Å². The van der Waals surface area contributed by atoms with Crippen molar-refractivity contribution < 1.29 is 14.3 Å². The first-order chi connectivity index (χ1) is 8.72. The van der Waals surface area contributed by atoms with Crippen LogP contribution in [0, 0.1) is 6.92 Å².